The molecule has 2 amide bonds. The Balaban J connectivity index is 1.32. The molecule has 2 aliphatic heterocycles. The Morgan fingerprint density at radius 3 is 2.44 bits per heavy atom. The summed E-state index contributed by atoms with van der Waals surface area (Å²) in [7, 11) is 0. The highest BCUT2D eigenvalue weighted by Crippen LogP contribution is 2.40. The average Bonchev–Trinajstić information content (AvgIpc) is 2.91. The molecule has 2 atom stereocenters. The molecular weight excluding hydrogens is 571 g/mol. The third-order valence-electron chi connectivity index (χ3n) is 6.66. The minimum Gasteiger partial charge on any atom is -0.489 e. The molecule has 3 aromatic rings. The zero-order valence-electron chi connectivity index (χ0n) is 22.6. The number of carboxylic acid groups (broad SMARTS) is 1. The van der Waals surface area contributed by atoms with Gasteiger partial charge in [-0.25, -0.2) is 9.59 Å². The van der Waals surface area contributed by atoms with Crippen LogP contribution < -0.4 is 14.8 Å². The smallest absolute Gasteiger partial charge is 0.411 e. The summed E-state index contributed by atoms with van der Waals surface area (Å²) in [5, 5.41) is 13.6. The minimum atomic E-state index is -1.14. The molecule has 3 aromatic carbocycles. The zero-order valence-corrected chi connectivity index (χ0v) is 24.1. The van der Waals surface area contributed by atoms with Crippen molar-refractivity contribution in [2.24, 2.45) is 0 Å². The van der Waals surface area contributed by atoms with E-state index in [0.29, 0.717) is 43.9 Å². The van der Waals surface area contributed by atoms with Crippen molar-refractivity contribution in [3.8, 4) is 11.5 Å². The molecule has 0 spiro atoms. The number of anilines is 1. The first-order valence-electron chi connectivity index (χ1n) is 12.9. The summed E-state index contributed by atoms with van der Waals surface area (Å²) in [5.41, 5.74) is 2.57. The molecule has 41 heavy (non-hydrogen) atoms. The van der Waals surface area contributed by atoms with Gasteiger partial charge in [-0.3, -0.25) is 9.69 Å². The topological polar surface area (TPSA) is 114 Å². The van der Waals surface area contributed by atoms with Gasteiger partial charge in [-0.15, -0.1) is 0 Å². The number of aliphatic carboxylic acids is 1. The Hall–Kier alpha value is -3.95. The van der Waals surface area contributed by atoms with Crippen LogP contribution in [0, 0.1) is 0 Å². The summed E-state index contributed by atoms with van der Waals surface area (Å²) in [5.74, 6) is -0.473. The van der Waals surface area contributed by atoms with Gasteiger partial charge in [0.2, 0.25) is 6.10 Å². The van der Waals surface area contributed by atoms with E-state index in [-0.39, 0.29) is 25.5 Å². The van der Waals surface area contributed by atoms with Gasteiger partial charge in [0.25, 0.3) is 5.91 Å². The number of carboxylic acids is 1. The van der Waals surface area contributed by atoms with E-state index in [4.69, 9.17) is 37.4 Å². The molecule has 2 heterocycles. The van der Waals surface area contributed by atoms with Crippen LogP contribution in [0.5, 0.6) is 11.5 Å². The molecule has 0 radical (unpaired) electrons. The third kappa shape index (κ3) is 6.36. The summed E-state index contributed by atoms with van der Waals surface area (Å²) in [6.45, 7) is 5.49. The SMILES string of the molecule is CC(C)(C)OC(=O)N1Cc2cc3c(cc2C[C@H]1C(=O)O)NC(=O)[C@H](c1ccc(OCc2ccc(Cl)c(Cl)c2)cc1)O3. The van der Waals surface area contributed by atoms with Crippen molar-refractivity contribution in [1.82, 2.24) is 4.90 Å². The van der Waals surface area contributed by atoms with Crippen LogP contribution in [0.1, 0.15) is 49.1 Å². The molecule has 214 valence electrons. The average molecular weight is 599 g/mol. The Morgan fingerprint density at radius 2 is 1.78 bits per heavy atom. The Kier molecular flexibility index (Phi) is 7.76. The van der Waals surface area contributed by atoms with Crippen LogP contribution in [-0.4, -0.2) is 39.6 Å². The van der Waals surface area contributed by atoms with Crippen molar-refractivity contribution in [1.29, 1.82) is 0 Å². The molecule has 9 nitrogen and oxygen atoms in total. The zero-order chi connectivity index (χ0) is 29.5. The van der Waals surface area contributed by atoms with E-state index in [9.17, 15) is 19.5 Å². The monoisotopic (exact) mass is 598 g/mol. The number of nitrogens with zero attached hydrogens (tertiary/aromatic N) is 1. The molecule has 0 bridgehead atoms. The number of halogens is 2. The number of amides is 2. The van der Waals surface area contributed by atoms with Crippen molar-refractivity contribution < 1.29 is 33.7 Å². The molecule has 5 rings (SSSR count). The highest BCUT2D eigenvalue weighted by atomic mass is 35.5. The first kappa shape index (κ1) is 28.6. The Morgan fingerprint density at radius 1 is 1.05 bits per heavy atom. The maximum atomic E-state index is 13.0. The lowest BCUT2D eigenvalue weighted by Crippen LogP contribution is -2.50. The van der Waals surface area contributed by atoms with Crippen LogP contribution in [0.25, 0.3) is 0 Å². The van der Waals surface area contributed by atoms with E-state index < -0.39 is 29.8 Å². The number of nitrogens with one attached hydrogen (secondary N) is 1. The number of ether oxygens (including phenoxy) is 3. The first-order valence-corrected chi connectivity index (χ1v) is 13.7. The fourth-order valence-electron chi connectivity index (χ4n) is 4.68. The molecule has 0 aromatic heterocycles. The molecule has 2 aliphatic rings. The second-order valence-corrected chi connectivity index (χ2v) is 11.7. The van der Waals surface area contributed by atoms with Gasteiger partial charge in [0, 0.05) is 12.0 Å². The summed E-state index contributed by atoms with van der Waals surface area (Å²) in [6.07, 6.45) is -1.55. The third-order valence-corrected chi connectivity index (χ3v) is 7.40. The van der Waals surface area contributed by atoms with Gasteiger partial charge < -0.3 is 24.6 Å². The standard InChI is InChI=1S/C30H28Cl2N2O7/c1-30(2,3)41-29(38)34-14-19-13-25-23(11-18(19)12-24(34)28(36)37)33-27(35)26(40-25)17-5-7-20(8-6-17)39-15-16-4-9-21(31)22(32)10-16/h4-11,13,24,26H,12,14-15H2,1-3H3,(H,33,35)(H,36,37)/t24-,26-/m0/s1. The van der Waals surface area contributed by atoms with Gasteiger partial charge in [-0.1, -0.05) is 41.4 Å². The van der Waals surface area contributed by atoms with Crippen LogP contribution in [-0.2, 0) is 33.9 Å². The summed E-state index contributed by atoms with van der Waals surface area (Å²) in [4.78, 5) is 39.0. The van der Waals surface area contributed by atoms with Crippen LogP contribution in [0.3, 0.4) is 0 Å². The highest BCUT2D eigenvalue weighted by Gasteiger charge is 2.39. The molecule has 0 saturated carbocycles. The van der Waals surface area contributed by atoms with E-state index in [1.807, 2.05) is 6.07 Å². The van der Waals surface area contributed by atoms with Gasteiger partial charge in [-0.2, -0.15) is 0 Å². The summed E-state index contributed by atoms with van der Waals surface area (Å²) >= 11 is 12.0. The van der Waals surface area contributed by atoms with Gasteiger partial charge in [0.1, 0.15) is 29.7 Å². The summed E-state index contributed by atoms with van der Waals surface area (Å²) < 4.78 is 17.4. The molecule has 11 heteroatoms. The maximum Gasteiger partial charge on any atom is 0.411 e. The lowest BCUT2D eigenvalue weighted by molar-refractivity contribution is -0.143. The van der Waals surface area contributed by atoms with E-state index in [2.05, 4.69) is 5.32 Å². The number of hydrogen-bond donors (Lipinski definition) is 2. The van der Waals surface area contributed by atoms with Gasteiger partial charge >= 0.3 is 12.1 Å². The van der Waals surface area contributed by atoms with Crippen LogP contribution in [0.15, 0.2) is 54.6 Å². The molecule has 0 unspecified atom stereocenters. The quantitative estimate of drug-likeness (QED) is 0.349. The van der Waals surface area contributed by atoms with E-state index >= 15 is 0 Å². The predicted molar refractivity (Wildman–Crippen MR) is 153 cm³/mol. The number of carbonyl (C=O) groups excluding carboxylic acids is 2. The second-order valence-electron chi connectivity index (χ2n) is 10.9. The highest BCUT2D eigenvalue weighted by molar-refractivity contribution is 6.42. The van der Waals surface area contributed by atoms with Crippen molar-refractivity contribution in [3.63, 3.8) is 0 Å². The summed E-state index contributed by atoms with van der Waals surface area (Å²) in [6, 6.07) is 14.6. The van der Waals surface area contributed by atoms with Gasteiger partial charge in [0.05, 0.1) is 22.3 Å². The predicted octanol–water partition coefficient (Wildman–Crippen LogP) is 6.39. The van der Waals surface area contributed by atoms with Gasteiger partial charge in [-0.05, 0) is 73.9 Å². The van der Waals surface area contributed by atoms with E-state index in [0.717, 1.165) is 5.56 Å². The second kappa shape index (κ2) is 11.1. The molecule has 2 N–H and O–H groups in total. The van der Waals surface area contributed by atoms with Gasteiger partial charge in [0.15, 0.2) is 0 Å². The van der Waals surface area contributed by atoms with E-state index in [1.54, 1.807) is 69.3 Å². The van der Waals surface area contributed by atoms with Crippen LogP contribution in [0.4, 0.5) is 10.5 Å². The molecule has 0 fully saturated rings. The van der Waals surface area contributed by atoms with Crippen LogP contribution in [0.2, 0.25) is 10.0 Å². The number of carbonyl (C=O) groups is 3. The molecule has 0 aliphatic carbocycles. The number of fused-ring (bicyclic) bond motifs is 2. The lowest BCUT2D eigenvalue weighted by atomic mass is 9.92. The van der Waals surface area contributed by atoms with Crippen molar-refractivity contribution in [2.75, 3.05) is 5.32 Å². The van der Waals surface area contributed by atoms with Crippen molar-refractivity contribution >= 4 is 46.9 Å². The maximum absolute atomic E-state index is 13.0. The molecular formula is C30H28Cl2N2O7. The van der Waals surface area contributed by atoms with E-state index in [1.165, 1.54) is 4.90 Å². The minimum absolute atomic E-state index is 0.0291. The van der Waals surface area contributed by atoms with Crippen LogP contribution >= 0.6 is 23.2 Å². The number of benzene rings is 3. The Labute approximate surface area is 246 Å². The number of rotatable bonds is 5. The molecule has 0 saturated heterocycles. The number of hydrogen-bond acceptors (Lipinski definition) is 6. The fourth-order valence-corrected chi connectivity index (χ4v) is 5.00. The van der Waals surface area contributed by atoms with Crippen molar-refractivity contribution in [3.05, 3.63) is 86.9 Å². The largest absolute Gasteiger partial charge is 0.489 e. The Bertz CT molecular complexity index is 1520. The van der Waals surface area contributed by atoms with Crippen molar-refractivity contribution in [2.45, 2.75) is 58.1 Å². The first-order chi connectivity index (χ1) is 19.4. The normalized spacial score (nSPS) is 18.0. The fraction of sp³-hybridized carbons (Fsp3) is 0.300. The lowest BCUT2D eigenvalue weighted by Gasteiger charge is -2.36.